The van der Waals surface area contributed by atoms with Gasteiger partial charge >= 0.3 is 0 Å². The molecule has 0 aliphatic heterocycles. The van der Waals surface area contributed by atoms with Crippen LogP contribution in [0, 0.1) is 0 Å². The lowest BCUT2D eigenvalue weighted by Crippen LogP contribution is -2.20. The van der Waals surface area contributed by atoms with E-state index in [1.807, 2.05) is 59.3 Å². The Hall–Kier alpha value is -3.08. The third kappa shape index (κ3) is 3.81. The van der Waals surface area contributed by atoms with Crippen LogP contribution in [0.4, 0.5) is 5.69 Å². The van der Waals surface area contributed by atoms with Gasteiger partial charge in [-0.1, -0.05) is 31.2 Å². The number of aryl methyl sites for hydroxylation is 1. The summed E-state index contributed by atoms with van der Waals surface area (Å²) < 4.78 is 7.52. The minimum atomic E-state index is -0.195. The van der Waals surface area contributed by atoms with Crippen LogP contribution in [0.15, 0.2) is 67.3 Å². The molecule has 1 aromatic heterocycles. The summed E-state index contributed by atoms with van der Waals surface area (Å²) in [6.45, 7) is 2.04. The number of carbonyl (C=O) groups is 1. The van der Waals surface area contributed by atoms with E-state index >= 15 is 0 Å². The number of imidazole rings is 1. The molecular formula is C19H19N3O2. The van der Waals surface area contributed by atoms with Crippen molar-refractivity contribution in [3.63, 3.8) is 0 Å². The molecule has 2 aromatic carbocycles. The quantitative estimate of drug-likeness (QED) is 0.756. The molecule has 3 aromatic rings. The Labute approximate surface area is 140 Å². The number of rotatable bonds is 6. The fourth-order valence-corrected chi connectivity index (χ4v) is 2.36. The fourth-order valence-electron chi connectivity index (χ4n) is 2.36. The standard InChI is InChI=1S/C19H19N3O2/c1-2-15-7-9-16(10-8-15)21-19(23)13-24-18-6-4-3-5-17(18)22-12-11-20-14-22/h3-12,14H,2,13H2,1H3,(H,21,23). The van der Waals surface area contributed by atoms with Crippen LogP contribution in [0.2, 0.25) is 0 Å². The first-order valence-electron chi connectivity index (χ1n) is 7.85. The van der Waals surface area contributed by atoms with Crippen molar-refractivity contribution in [2.24, 2.45) is 0 Å². The SMILES string of the molecule is CCc1ccc(NC(=O)COc2ccccc2-n2ccnc2)cc1. The van der Waals surface area contributed by atoms with E-state index in [-0.39, 0.29) is 12.5 Å². The zero-order valence-corrected chi connectivity index (χ0v) is 13.5. The maximum atomic E-state index is 12.1. The van der Waals surface area contributed by atoms with Crippen molar-refractivity contribution < 1.29 is 9.53 Å². The number of amides is 1. The Morgan fingerprint density at radius 1 is 1.17 bits per heavy atom. The molecule has 0 spiro atoms. The minimum Gasteiger partial charge on any atom is -0.482 e. The van der Waals surface area contributed by atoms with E-state index in [1.54, 1.807) is 12.5 Å². The van der Waals surface area contributed by atoms with Gasteiger partial charge in [0.15, 0.2) is 6.61 Å². The van der Waals surface area contributed by atoms with Gasteiger partial charge in [-0.3, -0.25) is 4.79 Å². The smallest absolute Gasteiger partial charge is 0.262 e. The number of nitrogens with zero attached hydrogens (tertiary/aromatic N) is 2. The monoisotopic (exact) mass is 321 g/mol. The van der Waals surface area contributed by atoms with Gasteiger partial charge in [-0.2, -0.15) is 0 Å². The zero-order valence-electron chi connectivity index (χ0n) is 13.5. The summed E-state index contributed by atoms with van der Waals surface area (Å²) in [5.41, 5.74) is 2.84. The molecule has 5 heteroatoms. The Morgan fingerprint density at radius 3 is 2.67 bits per heavy atom. The predicted octanol–water partition coefficient (Wildman–Crippen LogP) is 3.45. The molecule has 0 fully saturated rings. The summed E-state index contributed by atoms with van der Waals surface area (Å²) in [7, 11) is 0. The summed E-state index contributed by atoms with van der Waals surface area (Å²) >= 11 is 0. The van der Waals surface area contributed by atoms with E-state index in [0.29, 0.717) is 5.75 Å². The largest absolute Gasteiger partial charge is 0.482 e. The van der Waals surface area contributed by atoms with Gasteiger partial charge in [0.25, 0.3) is 5.91 Å². The molecule has 5 nitrogen and oxygen atoms in total. The average Bonchev–Trinajstić information content (AvgIpc) is 3.15. The molecule has 1 N–H and O–H groups in total. The second-order valence-corrected chi connectivity index (χ2v) is 5.33. The van der Waals surface area contributed by atoms with Crippen molar-refractivity contribution in [2.75, 3.05) is 11.9 Å². The highest BCUT2D eigenvalue weighted by atomic mass is 16.5. The van der Waals surface area contributed by atoms with Gasteiger partial charge in [-0.25, -0.2) is 4.98 Å². The van der Waals surface area contributed by atoms with Crippen molar-refractivity contribution in [1.82, 2.24) is 9.55 Å². The number of carbonyl (C=O) groups excluding carboxylic acids is 1. The normalized spacial score (nSPS) is 10.4. The number of nitrogens with one attached hydrogen (secondary N) is 1. The third-order valence-corrected chi connectivity index (χ3v) is 3.65. The Morgan fingerprint density at radius 2 is 1.96 bits per heavy atom. The number of para-hydroxylation sites is 2. The first-order valence-corrected chi connectivity index (χ1v) is 7.85. The van der Waals surface area contributed by atoms with E-state index < -0.39 is 0 Å². The summed E-state index contributed by atoms with van der Waals surface area (Å²) in [6.07, 6.45) is 6.20. The molecule has 122 valence electrons. The van der Waals surface area contributed by atoms with Crippen molar-refractivity contribution in [3.05, 3.63) is 72.8 Å². The molecule has 0 bridgehead atoms. The molecule has 0 saturated carbocycles. The van der Waals surface area contributed by atoms with Gasteiger partial charge in [0, 0.05) is 18.1 Å². The number of benzene rings is 2. The first-order chi connectivity index (χ1) is 11.8. The molecule has 24 heavy (non-hydrogen) atoms. The maximum absolute atomic E-state index is 12.1. The van der Waals surface area contributed by atoms with Crippen LogP contribution in [-0.4, -0.2) is 22.1 Å². The molecule has 1 heterocycles. The van der Waals surface area contributed by atoms with Gasteiger partial charge < -0.3 is 14.6 Å². The second kappa shape index (κ2) is 7.46. The van der Waals surface area contributed by atoms with Gasteiger partial charge in [0.05, 0.1) is 12.0 Å². The van der Waals surface area contributed by atoms with E-state index in [9.17, 15) is 4.79 Å². The number of aromatic nitrogens is 2. The van der Waals surface area contributed by atoms with Crippen LogP contribution >= 0.6 is 0 Å². The summed E-state index contributed by atoms with van der Waals surface area (Å²) in [5, 5.41) is 2.83. The first kappa shape index (κ1) is 15.8. The molecule has 1 amide bonds. The van der Waals surface area contributed by atoms with Crippen LogP contribution in [0.3, 0.4) is 0 Å². The van der Waals surface area contributed by atoms with E-state index in [4.69, 9.17) is 4.74 Å². The van der Waals surface area contributed by atoms with E-state index in [1.165, 1.54) is 5.56 Å². The van der Waals surface area contributed by atoms with Crippen molar-refractivity contribution in [2.45, 2.75) is 13.3 Å². The fraction of sp³-hybridized carbons (Fsp3) is 0.158. The Bertz CT molecular complexity index is 796. The van der Waals surface area contributed by atoms with Crippen LogP contribution in [0.5, 0.6) is 5.75 Å². The molecule has 0 atom stereocenters. The lowest BCUT2D eigenvalue weighted by atomic mass is 10.1. The maximum Gasteiger partial charge on any atom is 0.262 e. The Kier molecular flexibility index (Phi) is 4.91. The van der Waals surface area contributed by atoms with Crippen LogP contribution in [0.1, 0.15) is 12.5 Å². The number of hydrogen-bond donors (Lipinski definition) is 1. The van der Waals surface area contributed by atoms with Crippen molar-refractivity contribution >= 4 is 11.6 Å². The van der Waals surface area contributed by atoms with Crippen molar-refractivity contribution in [1.29, 1.82) is 0 Å². The molecule has 3 rings (SSSR count). The number of ether oxygens (including phenoxy) is 1. The van der Waals surface area contributed by atoms with Gasteiger partial charge in [0.2, 0.25) is 0 Å². The lowest BCUT2D eigenvalue weighted by Gasteiger charge is -2.12. The molecule has 0 aliphatic rings. The highest BCUT2D eigenvalue weighted by Crippen LogP contribution is 2.22. The zero-order chi connectivity index (χ0) is 16.8. The van der Waals surface area contributed by atoms with Crippen LogP contribution in [0.25, 0.3) is 5.69 Å². The van der Waals surface area contributed by atoms with E-state index in [2.05, 4.69) is 17.2 Å². The topological polar surface area (TPSA) is 56.1 Å². The summed E-state index contributed by atoms with van der Waals surface area (Å²) in [5.74, 6) is 0.437. The molecule has 0 unspecified atom stereocenters. The Balaban J connectivity index is 1.62. The lowest BCUT2D eigenvalue weighted by molar-refractivity contribution is -0.118. The molecule has 0 aliphatic carbocycles. The van der Waals surface area contributed by atoms with Gasteiger partial charge in [-0.05, 0) is 36.2 Å². The van der Waals surface area contributed by atoms with Crippen molar-refractivity contribution in [3.8, 4) is 11.4 Å². The number of hydrogen-bond acceptors (Lipinski definition) is 3. The van der Waals surface area contributed by atoms with E-state index in [0.717, 1.165) is 17.8 Å². The summed E-state index contributed by atoms with van der Waals surface area (Å²) in [4.78, 5) is 16.1. The predicted molar refractivity (Wildman–Crippen MR) is 93.5 cm³/mol. The molecular weight excluding hydrogens is 302 g/mol. The van der Waals surface area contributed by atoms with Gasteiger partial charge in [-0.15, -0.1) is 0 Å². The van der Waals surface area contributed by atoms with Gasteiger partial charge in [0.1, 0.15) is 5.75 Å². The highest BCUT2D eigenvalue weighted by molar-refractivity contribution is 5.91. The van der Waals surface area contributed by atoms with Crippen LogP contribution in [-0.2, 0) is 11.2 Å². The second-order valence-electron chi connectivity index (χ2n) is 5.33. The van der Waals surface area contributed by atoms with Crippen LogP contribution < -0.4 is 10.1 Å². The molecule has 0 radical (unpaired) electrons. The number of anilines is 1. The summed E-state index contributed by atoms with van der Waals surface area (Å²) in [6, 6.07) is 15.3. The highest BCUT2D eigenvalue weighted by Gasteiger charge is 2.08. The third-order valence-electron chi connectivity index (χ3n) is 3.65. The molecule has 0 saturated heterocycles. The minimum absolute atomic E-state index is 0.0543. The average molecular weight is 321 g/mol.